The number of rotatable bonds is 4. The van der Waals surface area contributed by atoms with Crippen LogP contribution in [-0.2, 0) is 4.79 Å². The third-order valence-electron chi connectivity index (χ3n) is 2.81. The van der Waals surface area contributed by atoms with Crippen molar-refractivity contribution in [2.24, 2.45) is 0 Å². The van der Waals surface area contributed by atoms with Crippen molar-refractivity contribution < 1.29 is 4.79 Å². The molecule has 2 rings (SSSR count). The van der Waals surface area contributed by atoms with Gasteiger partial charge in [0.2, 0.25) is 5.91 Å². The molecule has 0 bridgehead atoms. The molecule has 1 aromatic heterocycles. The van der Waals surface area contributed by atoms with Crippen LogP contribution in [0.1, 0.15) is 6.42 Å². The highest BCUT2D eigenvalue weighted by molar-refractivity contribution is 5.98. The second-order valence-corrected chi connectivity index (χ2v) is 3.97. The van der Waals surface area contributed by atoms with E-state index in [1.807, 2.05) is 18.2 Å². The van der Waals surface area contributed by atoms with Gasteiger partial charge in [-0.25, -0.2) is 0 Å². The van der Waals surface area contributed by atoms with Crippen LogP contribution in [0.25, 0.3) is 10.8 Å². The molecule has 0 unspecified atom stereocenters. The minimum Gasteiger partial charge on any atom is -0.397 e. The monoisotopic (exact) mass is 244 g/mol. The topological polar surface area (TPSA) is 80.0 Å². The van der Waals surface area contributed by atoms with Crippen LogP contribution >= 0.6 is 0 Å². The number of fused-ring (bicyclic) bond motifs is 1. The predicted octanol–water partition coefficient (Wildman–Crippen LogP) is 1.36. The van der Waals surface area contributed by atoms with E-state index in [9.17, 15) is 4.79 Å². The number of carbonyl (C=O) groups is 1. The Kier molecular flexibility index (Phi) is 3.62. The van der Waals surface area contributed by atoms with Crippen molar-refractivity contribution >= 4 is 28.1 Å². The number of pyridine rings is 1. The van der Waals surface area contributed by atoms with Crippen molar-refractivity contribution in [3.63, 3.8) is 0 Å². The lowest BCUT2D eigenvalue weighted by Crippen LogP contribution is -2.21. The van der Waals surface area contributed by atoms with Crippen molar-refractivity contribution in [1.29, 1.82) is 0 Å². The summed E-state index contributed by atoms with van der Waals surface area (Å²) in [5.41, 5.74) is 7.61. The van der Waals surface area contributed by atoms with Gasteiger partial charge in [-0.1, -0.05) is 6.07 Å². The van der Waals surface area contributed by atoms with Crippen LogP contribution in [-0.4, -0.2) is 24.5 Å². The lowest BCUT2D eigenvalue weighted by Gasteiger charge is -2.11. The molecule has 1 aromatic carbocycles. The molecule has 18 heavy (non-hydrogen) atoms. The maximum atomic E-state index is 11.1. The normalized spacial score (nSPS) is 10.3. The third kappa shape index (κ3) is 2.51. The van der Waals surface area contributed by atoms with E-state index in [0.29, 0.717) is 18.7 Å². The first kappa shape index (κ1) is 12.2. The summed E-state index contributed by atoms with van der Waals surface area (Å²) >= 11 is 0. The molecule has 0 atom stereocenters. The maximum absolute atomic E-state index is 11.1. The molecule has 94 valence electrons. The molecule has 0 saturated carbocycles. The second kappa shape index (κ2) is 5.35. The van der Waals surface area contributed by atoms with E-state index in [2.05, 4.69) is 15.6 Å². The fourth-order valence-corrected chi connectivity index (χ4v) is 1.78. The Labute approximate surface area is 105 Å². The fraction of sp³-hybridized carbons (Fsp3) is 0.231. The first-order valence-corrected chi connectivity index (χ1v) is 5.79. The number of hydrogen-bond donors (Lipinski definition) is 3. The van der Waals surface area contributed by atoms with Crippen LogP contribution in [0.15, 0.2) is 30.6 Å². The van der Waals surface area contributed by atoms with Crippen molar-refractivity contribution in [3.8, 4) is 0 Å². The van der Waals surface area contributed by atoms with Crippen molar-refractivity contribution in [1.82, 2.24) is 10.3 Å². The number of nitrogens with one attached hydrogen (secondary N) is 2. The number of nitrogens with two attached hydrogens (primary N) is 1. The molecule has 1 heterocycles. The Morgan fingerprint density at radius 1 is 1.39 bits per heavy atom. The summed E-state index contributed by atoms with van der Waals surface area (Å²) in [5, 5.41) is 7.71. The van der Waals surface area contributed by atoms with Gasteiger partial charge in [-0.05, 0) is 12.1 Å². The minimum atomic E-state index is 0.00561. The van der Waals surface area contributed by atoms with Gasteiger partial charge in [-0.15, -0.1) is 0 Å². The smallest absolute Gasteiger partial charge is 0.221 e. The van der Waals surface area contributed by atoms with E-state index in [4.69, 9.17) is 5.73 Å². The summed E-state index contributed by atoms with van der Waals surface area (Å²) < 4.78 is 0. The van der Waals surface area contributed by atoms with E-state index >= 15 is 0 Å². The van der Waals surface area contributed by atoms with Gasteiger partial charge in [0.15, 0.2) is 0 Å². The third-order valence-corrected chi connectivity index (χ3v) is 2.81. The summed E-state index contributed by atoms with van der Waals surface area (Å²) in [6, 6.07) is 5.75. The van der Waals surface area contributed by atoms with E-state index in [0.717, 1.165) is 16.5 Å². The summed E-state index contributed by atoms with van der Waals surface area (Å²) in [6.45, 7) is 0.556. The van der Waals surface area contributed by atoms with Gasteiger partial charge in [-0.3, -0.25) is 9.78 Å². The standard InChI is InChI=1S/C13H16N4O/c1-15-12(18)5-7-17-11-3-2-9-8-16-6-4-10(9)13(11)14/h2-4,6,8,17H,5,7,14H2,1H3,(H,15,18). The summed E-state index contributed by atoms with van der Waals surface area (Å²) in [6.07, 6.45) is 3.91. The molecule has 0 saturated heterocycles. The molecule has 4 N–H and O–H groups in total. The van der Waals surface area contributed by atoms with Crippen molar-refractivity contribution in [2.75, 3.05) is 24.6 Å². The van der Waals surface area contributed by atoms with Crippen LogP contribution in [0.5, 0.6) is 0 Å². The number of benzene rings is 1. The maximum Gasteiger partial charge on any atom is 0.221 e. The Morgan fingerprint density at radius 2 is 2.22 bits per heavy atom. The molecule has 0 aliphatic rings. The first-order chi connectivity index (χ1) is 8.72. The number of aromatic nitrogens is 1. The number of hydrogen-bond acceptors (Lipinski definition) is 4. The lowest BCUT2D eigenvalue weighted by molar-refractivity contribution is -0.120. The van der Waals surface area contributed by atoms with E-state index < -0.39 is 0 Å². The Morgan fingerprint density at radius 3 is 3.00 bits per heavy atom. The Balaban J connectivity index is 2.14. The van der Waals surface area contributed by atoms with Gasteiger partial charge in [0.05, 0.1) is 11.4 Å². The molecular weight excluding hydrogens is 228 g/mol. The van der Waals surface area contributed by atoms with Crippen molar-refractivity contribution in [3.05, 3.63) is 30.6 Å². The highest BCUT2D eigenvalue weighted by Gasteiger charge is 2.04. The molecule has 5 heteroatoms. The van der Waals surface area contributed by atoms with Crippen LogP contribution in [0, 0.1) is 0 Å². The molecule has 0 radical (unpaired) electrons. The summed E-state index contributed by atoms with van der Waals surface area (Å²) in [4.78, 5) is 15.2. The number of amides is 1. The molecule has 0 spiro atoms. The number of nitrogens with zero attached hydrogens (tertiary/aromatic N) is 1. The molecule has 0 aliphatic heterocycles. The summed E-state index contributed by atoms with van der Waals surface area (Å²) in [5.74, 6) is 0.00561. The molecular formula is C13H16N4O. The van der Waals surface area contributed by atoms with Gasteiger partial charge in [0.25, 0.3) is 0 Å². The average Bonchev–Trinajstić information content (AvgIpc) is 2.41. The number of nitrogen functional groups attached to an aromatic ring is 1. The zero-order chi connectivity index (χ0) is 13.0. The number of carbonyl (C=O) groups excluding carboxylic acids is 1. The van der Waals surface area contributed by atoms with Gasteiger partial charge < -0.3 is 16.4 Å². The zero-order valence-electron chi connectivity index (χ0n) is 10.2. The molecule has 1 amide bonds. The molecule has 0 aliphatic carbocycles. The van der Waals surface area contributed by atoms with Gasteiger partial charge in [0.1, 0.15) is 0 Å². The van der Waals surface area contributed by atoms with Crippen molar-refractivity contribution in [2.45, 2.75) is 6.42 Å². The average molecular weight is 244 g/mol. The fourth-order valence-electron chi connectivity index (χ4n) is 1.78. The predicted molar refractivity (Wildman–Crippen MR) is 73.3 cm³/mol. The second-order valence-electron chi connectivity index (χ2n) is 3.97. The van der Waals surface area contributed by atoms with E-state index in [1.54, 1.807) is 19.4 Å². The SMILES string of the molecule is CNC(=O)CCNc1ccc2cnccc2c1N. The highest BCUT2D eigenvalue weighted by atomic mass is 16.1. The van der Waals surface area contributed by atoms with Crippen LogP contribution < -0.4 is 16.4 Å². The molecule has 2 aromatic rings. The molecule has 5 nitrogen and oxygen atoms in total. The highest BCUT2D eigenvalue weighted by Crippen LogP contribution is 2.27. The first-order valence-electron chi connectivity index (χ1n) is 5.79. The largest absolute Gasteiger partial charge is 0.397 e. The number of anilines is 2. The van der Waals surface area contributed by atoms with Crippen LogP contribution in [0.3, 0.4) is 0 Å². The Hall–Kier alpha value is -2.30. The quantitative estimate of drug-likeness (QED) is 0.709. The van der Waals surface area contributed by atoms with Crippen LogP contribution in [0.4, 0.5) is 11.4 Å². The van der Waals surface area contributed by atoms with E-state index in [1.165, 1.54) is 0 Å². The van der Waals surface area contributed by atoms with Gasteiger partial charge in [0, 0.05) is 43.2 Å². The minimum absolute atomic E-state index is 0.00561. The van der Waals surface area contributed by atoms with Gasteiger partial charge >= 0.3 is 0 Å². The molecule has 0 fully saturated rings. The summed E-state index contributed by atoms with van der Waals surface area (Å²) in [7, 11) is 1.62. The van der Waals surface area contributed by atoms with Gasteiger partial charge in [-0.2, -0.15) is 0 Å². The van der Waals surface area contributed by atoms with Crippen LogP contribution in [0.2, 0.25) is 0 Å². The lowest BCUT2D eigenvalue weighted by atomic mass is 10.1. The Bertz CT molecular complexity index is 568. The zero-order valence-corrected chi connectivity index (χ0v) is 10.2. The van der Waals surface area contributed by atoms with E-state index in [-0.39, 0.29) is 5.91 Å².